The summed E-state index contributed by atoms with van der Waals surface area (Å²) in [5.74, 6) is -2.71. The zero-order valence-electron chi connectivity index (χ0n) is 13.0. The van der Waals surface area contributed by atoms with Crippen molar-refractivity contribution in [1.82, 2.24) is 9.97 Å². The van der Waals surface area contributed by atoms with Crippen molar-refractivity contribution in [3.63, 3.8) is 0 Å². The minimum Gasteiger partial charge on any atom is -0.396 e. The largest absolute Gasteiger partial charge is 0.396 e. The Hall–Kier alpha value is -1.30. The number of nitrogens with zero attached hydrogens (tertiary/aromatic N) is 2. The van der Waals surface area contributed by atoms with Gasteiger partial charge in [0.05, 0.1) is 17.1 Å². The number of anilines is 1. The van der Waals surface area contributed by atoms with E-state index in [0.29, 0.717) is 23.7 Å². The van der Waals surface area contributed by atoms with Crippen LogP contribution in [0.15, 0.2) is 6.33 Å². The third-order valence-electron chi connectivity index (χ3n) is 3.23. The first kappa shape index (κ1) is 17.8. The lowest BCUT2D eigenvalue weighted by atomic mass is 10.0. The lowest BCUT2D eigenvalue weighted by molar-refractivity contribution is -0.0822. The van der Waals surface area contributed by atoms with Crippen molar-refractivity contribution in [2.45, 2.75) is 58.3 Å². The van der Waals surface area contributed by atoms with Crippen molar-refractivity contribution in [2.24, 2.45) is 0 Å². The van der Waals surface area contributed by atoms with Gasteiger partial charge >= 0.3 is 0 Å². The minimum atomic E-state index is -2.86. The maximum absolute atomic E-state index is 13.7. The second kappa shape index (κ2) is 8.22. The van der Waals surface area contributed by atoms with E-state index in [9.17, 15) is 8.78 Å². The summed E-state index contributed by atoms with van der Waals surface area (Å²) in [7, 11) is 0. The number of nitrogens with two attached hydrogens (primary N) is 1. The molecule has 4 nitrogen and oxygen atoms in total. The first-order valence-corrected chi connectivity index (χ1v) is 7.42. The highest BCUT2D eigenvalue weighted by Crippen LogP contribution is 2.26. The van der Waals surface area contributed by atoms with Gasteiger partial charge in [0.15, 0.2) is 0 Å². The predicted molar refractivity (Wildman–Crippen MR) is 79.5 cm³/mol. The molecule has 120 valence electrons. The molecule has 0 unspecified atom stereocenters. The third-order valence-corrected chi connectivity index (χ3v) is 3.23. The molecule has 0 aliphatic rings. The van der Waals surface area contributed by atoms with Gasteiger partial charge in [-0.25, -0.2) is 18.7 Å². The van der Waals surface area contributed by atoms with E-state index < -0.39 is 12.5 Å². The molecule has 0 spiro atoms. The normalized spacial score (nSPS) is 12.1. The van der Waals surface area contributed by atoms with Crippen LogP contribution in [0.4, 0.5) is 14.5 Å². The summed E-state index contributed by atoms with van der Waals surface area (Å²) >= 11 is 0. The van der Waals surface area contributed by atoms with Crippen molar-refractivity contribution in [2.75, 3.05) is 18.9 Å². The number of halogens is 2. The monoisotopic (exact) mass is 301 g/mol. The highest BCUT2D eigenvalue weighted by molar-refractivity contribution is 5.48. The third kappa shape index (κ3) is 5.91. The van der Waals surface area contributed by atoms with Gasteiger partial charge in [0.1, 0.15) is 12.9 Å². The summed E-state index contributed by atoms with van der Waals surface area (Å²) in [5, 5.41) is 0. The molecule has 0 atom stereocenters. The van der Waals surface area contributed by atoms with Crippen LogP contribution < -0.4 is 5.73 Å². The Kier molecular flexibility index (Phi) is 6.95. The maximum Gasteiger partial charge on any atom is 0.271 e. The molecule has 0 amide bonds. The second-order valence-corrected chi connectivity index (χ2v) is 5.54. The average molecular weight is 301 g/mol. The van der Waals surface area contributed by atoms with Gasteiger partial charge in [-0.2, -0.15) is 0 Å². The first-order chi connectivity index (χ1) is 9.87. The number of alkyl halides is 2. The Labute approximate surface area is 125 Å². The molecular formula is C15H25F2N3O. The van der Waals surface area contributed by atoms with Gasteiger partial charge in [-0.1, -0.05) is 27.2 Å². The molecule has 0 radical (unpaired) electrons. The molecule has 21 heavy (non-hydrogen) atoms. The van der Waals surface area contributed by atoms with Crippen molar-refractivity contribution in [1.29, 1.82) is 0 Å². The summed E-state index contributed by atoms with van der Waals surface area (Å²) in [6, 6.07) is 0. The number of unbranched alkanes of at least 4 members (excludes halogenated alkanes) is 1. The molecule has 6 heteroatoms. The highest BCUT2D eigenvalue weighted by atomic mass is 19.3. The number of aryl methyl sites for hydroxylation is 1. The van der Waals surface area contributed by atoms with Gasteiger partial charge in [0.2, 0.25) is 0 Å². The Morgan fingerprint density at radius 3 is 2.67 bits per heavy atom. The van der Waals surface area contributed by atoms with E-state index in [1.807, 2.05) is 20.8 Å². The van der Waals surface area contributed by atoms with Crippen molar-refractivity contribution in [3.05, 3.63) is 17.7 Å². The lowest BCUT2D eigenvalue weighted by Crippen LogP contribution is -2.25. The Morgan fingerprint density at radius 1 is 1.33 bits per heavy atom. The number of hydrogen-bond acceptors (Lipinski definition) is 4. The van der Waals surface area contributed by atoms with Gasteiger partial charge in [-0.05, 0) is 18.8 Å². The van der Waals surface area contributed by atoms with Crippen LogP contribution >= 0.6 is 0 Å². The minimum absolute atomic E-state index is 0.123. The Morgan fingerprint density at radius 2 is 2.05 bits per heavy atom. The van der Waals surface area contributed by atoms with E-state index in [0.717, 1.165) is 12.8 Å². The van der Waals surface area contributed by atoms with Crippen LogP contribution in [0.3, 0.4) is 0 Å². The van der Waals surface area contributed by atoms with Gasteiger partial charge in [0, 0.05) is 13.0 Å². The molecule has 0 fully saturated rings. The molecule has 0 aromatic carbocycles. The summed E-state index contributed by atoms with van der Waals surface area (Å²) < 4.78 is 32.4. The SMILES string of the molecule is CCCCOCC(F)(F)CCc1ncnc(C(C)C)c1N. The smallest absolute Gasteiger partial charge is 0.271 e. The van der Waals surface area contributed by atoms with Gasteiger partial charge < -0.3 is 10.5 Å². The second-order valence-electron chi connectivity index (χ2n) is 5.54. The van der Waals surface area contributed by atoms with Crippen LogP contribution in [-0.4, -0.2) is 29.1 Å². The molecule has 1 aromatic heterocycles. The van der Waals surface area contributed by atoms with E-state index >= 15 is 0 Å². The fourth-order valence-electron chi connectivity index (χ4n) is 1.95. The number of hydrogen-bond donors (Lipinski definition) is 1. The van der Waals surface area contributed by atoms with Crippen LogP contribution in [0.1, 0.15) is 57.3 Å². The van der Waals surface area contributed by atoms with Crippen molar-refractivity contribution < 1.29 is 13.5 Å². The maximum atomic E-state index is 13.7. The molecule has 1 heterocycles. The number of aromatic nitrogens is 2. The predicted octanol–water partition coefficient (Wildman–Crippen LogP) is 3.57. The van der Waals surface area contributed by atoms with Crippen LogP contribution in [0.25, 0.3) is 0 Å². The van der Waals surface area contributed by atoms with Crippen molar-refractivity contribution >= 4 is 5.69 Å². The van der Waals surface area contributed by atoms with Crippen LogP contribution in [0.5, 0.6) is 0 Å². The first-order valence-electron chi connectivity index (χ1n) is 7.42. The molecule has 0 saturated heterocycles. The molecule has 0 saturated carbocycles. The summed E-state index contributed by atoms with van der Waals surface area (Å²) in [6.07, 6.45) is 2.92. The van der Waals surface area contributed by atoms with Crippen LogP contribution in [0, 0.1) is 0 Å². The van der Waals surface area contributed by atoms with E-state index in [1.165, 1.54) is 6.33 Å². The molecule has 0 aliphatic carbocycles. The molecule has 1 aromatic rings. The number of nitrogen functional groups attached to an aromatic ring is 1. The zero-order valence-corrected chi connectivity index (χ0v) is 13.0. The van der Waals surface area contributed by atoms with Gasteiger partial charge in [0.25, 0.3) is 5.92 Å². The Balaban J connectivity index is 2.56. The van der Waals surface area contributed by atoms with E-state index in [1.54, 1.807) is 0 Å². The molecular weight excluding hydrogens is 276 g/mol. The molecule has 1 rings (SSSR count). The van der Waals surface area contributed by atoms with Crippen LogP contribution in [-0.2, 0) is 11.2 Å². The number of ether oxygens (including phenoxy) is 1. The summed E-state index contributed by atoms with van der Waals surface area (Å²) in [5.41, 5.74) is 7.58. The van der Waals surface area contributed by atoms with Crippen LogP contribution in [0.2, 0.25) is 0 Å². The fourth-order valence-corrected chi connectivity index (χ4v) is 1.95. The molecule has 0 bridgehead atoms. The van der Waals surface area contributed by atoms with Crippen molar-refractivity contribution in [3.8, 4) is 0 Å². The Bertz CT molecular complexity index is 439. The lowest BCUT2D eigenvalue weighted by Gasteiger charge is -2.17. The number of rotatable bonds is 9. The van der Waals surface area contributed by atoms with Gasteiger partial charge in [-0.15, -0.1) is 0 Å². The van der Waals surface area contributed by atoms with Gasteiger partial charge in [-0.3, -0.25) is 0 Å². The van der Waals surface area contributed by atoms with E-state index in [2.05, 4.69) is 9.97 Å². The molecule has 2 N–H and O–H groups in total. The molecule has 0 aliphatic heterocycles. The standard InChI is InChI=1S/C15H25F2N3O/c1-4-5-8-21-9-15(16,17)7-6-12-13(18)14(11(2)3)20-10-19-12/h10-11H,4-9,18H2,1-3H3. The quantitative estimate of drug-likeness (QED) is 0.708. The zero-order chi connectivity index (χ0) is 15.9. The fraction of sp³-hybridized carbons (Fsp3) is 0.733. The van der Waals surface area contributed by atoms with E-state index in [4.69, 9.17) is 10.5 Å². The van der Waals surface area contributed by atoms with E-state index in [-0.39, 0.29) is 18.8 Å². The summed E-state index contributed by atoms with van der Waals surface area (Å²) in [6.45, 7) is 5.73. The average Bonchev–Trinajstić information content (AvgIpc) is 2.42. The topological polar surface area (TPSA) is 61.0 Å². The summed E-state index contributed by atoms with van der Waals surface area (Å²) in [4.78, 5) is 8.13. The highest BCUT2D eigenvalue weighted by Gasteiger charge is 2.29.